The summed E-state index contributed by atoms with van der Waals surface area (Å²) in [5, 5.41) is 1.68. The van der Waals surface area contributed by atoms with Crippen molar-refractivity contribution in [2.24, 2.45) is 0 Å². The van der Waals surface area contributed by atoms with E-state index in [2.05, 4.69) is 0 Å². The number of ether oxygens (including phenoxy) is 1. The molecule has 0 aliphatic rings. The molecule has 0 bridgehead atoms. The largest absolute Gasteiger partial charge is 0.471 e. The van der Waals surface area contributed by atoms with Crippen LogP contribution in [0.5, 0.6) is 0 Å². The minimum absolute atomic E-state index is 0.133. The van der Waals surface area contributed by atoms with Gasteiger partial charge in [0.05, 0.1) is 6.10 Å². The maximum atomic E-state index is 12.2. The van der Waals surface area contributed by atoms with E-state index in [1.165, 1.54) is 0 Å². The molecule has 0 aliphatic carbocycles. The SMILES string of the molecule is CCCCC(NC(=O)C(F)(F)F)C(=O)OC(C)CC. The van der Waals surface area contributed by atoms with Crippen LogP contribution in [0.4, 0.5) is 13.2 Å². The van der Waals surface area contributed by atoms with Gasteiger partial charge in [0.25, 0.3) is 0 Å². The number of halogens is 3. The molecule has 0 spiro atoms. The van der Waals surface area contributed by atoms with Crippen molar-refractivity contribution in [3.8, 4) is 0 Å². The zero-order valence-corrected chi connectivity index (χ0v) is 11.3. The summed E-state index contributed by atoms with van der Waals surface area (Å²) in [6, 6.07) is -1.25. The minimum Gasteiger partial charge on any atom is -0.461 e. The third-order valence-electron chi connectivity index (χ3n) is 2.59. The average Bonchev–Trinajstić information content (AvgIpc) is 2.32. The summed E-state index contributed by atoms with van der Waals surface area (Å²) < 4.78 is 41.4. The van der Waals surface area contributed by atoms with Crippen LogP contribution in [-0.2, 0) is 14.3 Å². The van der Waals surface area contributed by atoms with Crippen molar-refractivity contribution in [1.82, 2.24) is 5.32 Å². The lowest BCUT2D eigenvalue weighted by molar-refractivity contribution is -0.176. The van der Waals surface area contributed by atoms with E-state index in [4.69, 9.17) is 4.74 Å². The Kier molecular flexibility index (Phi) is 7.48. The second-order valence-corrected chi connectivity index (χ2v) is 4.32. The van der Waals surface area contributed by atoms with Gasteiger partial charge >= 0.3 is 18.1 Å². The Hall–Kier alpha value is -1.27. The molecular weight excluding hydrogens is 263 g/mol. The van der Waals surface area contributed by atoms with Crippen molar-refractivity contribution >= 4 is 11.9 Å². The maximum absolute atomic E-state index is 12.2. The van der Waals surface area contributed by atoms with Crippen LogP contribution in [0.25, 0.3) is 0 Å². The number of esters is 1. The molecule has 4 nitrogen and oxygen atoms in total. The van der Waals surface area contributed by atoms with E-state index in [1.54, 1.807) is 19.2 Å². The lowest BCUT2D eigenvalue weighted by atomic mass is 10.1. The van der Waals surface area contributed by atoms with E-state index in [0.29, 0.717) is 19.3 Å². The summed E-state index contributed by atoms with van der Waals surface area (Å²) in [5.74, 6) is -2.94. The number of hydrogen-bond donors (Lipinski definition) is 1. The summed E-state index contributed by atoms with van der Waals surface area (Å²) in [7, 11) is 0. The summed E-state index contributed by atoms with van der Waals surface area (Å²) in [5.41, 5.74) is 0. The molecule has 2 unspecified atom stereocenters. The number of amides is 1. The van der Waals surface area contributed by atoms with Crippen molar-refractivity contribution in [3.63, 3.8) is 0 Å². The summed E-state index contributed by atoms with van der Waals surface area (Å²) in [6.07, 6.45) is -3.47. The Morgan fingerprint density at radius 1 is 1.26 bits per heavy atom. The van der Waals surface area contributed by atoms with Gasteiger partial charge in [0.2, 0.25) is 0 Å². The second-order valence-electron chi connectivity index (χ2n) is 4.32. The van der Waals surface area contributed by atoms with Gasteiger partial charge in [0, 0.05) is 0 Å². The van der Waals surface area contributed by atoms with Crippen LogP contribution >= 0.6 is 0 Å². The van der Waals surface area contributed by atoms with Crippen molar-refractivity contribution in [1.29, 1.82) is 0 Å². The molecule has 0 saturated heterocycles. The summed E-state index contributed by atoms with van der Waals surface area (Å²) in [4.78, 5) is 22.5. The first-order valence-corrected chi connectivity index (χ1v) is 6.30. The lowest BCUT2D eigenvalue weighted by Gasteiger charge is -2.20. The van der Waals surface area contributed by atoms with Gasteiger partial charge in [-0.1, -0.05) is 26.7 Å². The molecule has 0 rings (SSSR count). The summed E-state index contributed by atoms with van der Waals surface area (Å²) in [6.45, 7) is 5.26. The number of unbranched alkanes of at least 4 members (excludes halogenated alkanes) is 1. The smallest absolute Gasteiger partial charge is 0.461 e. The first-order chi connectivity index (χ1) is 8.72. The highest BCUT2D eigenvalue weighted by atomic mass is 19.4. The molecule has 112 valence electrons. The Labute approximate surface area is 110 Å². The van der Waals surface area contributed by atoms with Gasteiger partial charge in [-0.2, -0.15) is 13.2 Å². The van der Waals surface area contributed by atoms with Gasteiger partial charge in [0.15, 0.2) is 0 Å². The zero-order valence-electron chi connectivity index (χ0n) is 11.3. The molecule has 0 heterocycles. The molecule has 1 N–H and O–H groups in total. The van der Waals surface area contributed by atoms with Crippen LogP contribution < -0.4 is 5.32 Å². The number of nitrogens with one attached hydrogen (secondary N) is 1. The topological polar surface area (TPSA) is 55.4 Å². The quantitative estimate of drug-likeness (QED) is 0.731. The normalized spacial score (nSPS) is 14.6. The molecular formula is C12H20F3NO3. The van der Waals surface area contributed by atoms with Gasteiger partial charge < -0.3 is 10.1 Å². The van der Waals surface area contributed by atoms with Crippen molar-refractivity contribution in [2.75, 3.05) is 0 Å². The van der Waals surface area contributed by atoms with E-state index in [1.807, 2.05) is 6.92 Å². The van der Waals surface area contributed by atoms with E-state index >= 15 is 0 Å². The zero-order chi connectivity index (χ0) is 15.1. The maximum Gasteiger partial charge on any atom is 0.471 e. The van der Waals surface area contributed by atoms with Gasteiger partial charge in [0.1, 0.15) is 6.04 Å². The predicted molar refractivity (Wildman–Crippen MR) is 63.4 cm³/mol. The minimum atomic E-state index is -5.00. The van der Waals surface area contributed by atoms with Gasteiger partial charge in [-0.15, -0.1) is 0 Å². The highest BCUT2D eigenvalue weighted by Gasteiger charge is 2.41. The van der Waals surface area contributed by atoms with Gasteiger partial charge in [-0.3, -0.25) is 4.79 Å². The van der Waals surface area contributed by atoms with Crippen LogP contribution in [0.3, 0.4) is 0 Å². The number of carbonyl (C=O) groups is 2. The molecule has 0 fully saturated rings. The van der Waals surface area contributed by atoms with Crippen LogP contribution in [0.1, 0.15) is 46.5 Å². The third-order valence-corrected chi connectivity index (χ3v) is 2.59. The van der Waals surface area contributed by atoms with Crippen LogP contribution in [0.2, 0.25) is 0 Å². The van der Waals surface area contributed by atoms with E-state index < -0.39 is 24.1 Å². The fourth-order valence-corrected chi connectivity index (χ4v) is 1.26. The first kappa shape index (κ1) is 17.7. The Bertz CT molecular complexity index is 305. The molecule has 0 saturated carbocycles. The fourth-order valence-electron chi connectivity index (χ4n) is 1.26. The molecule has 19 heavy (non-hydrogen) atoms. The number of hydrogen-bond acceptors (Lipinski definition) is 3. The average molecular weight is 283 g/mol. The number of carbonyl (C=O) groups excluding carboxylic acids is 2. The number of rotatable bonds is 7. The number of alkyl halides is 3. The van der Waals surface area contributed by atoms with Gasteiger partial charge in [-0.05, 0) is 19.8 Å². The molecule has 0 aromatic rings. The Balaban J connectivity index is 4.62. The molecule has 0 radical (unpaired) electrons. The molecule has 2 atom stereocenters. The highest BCUT2D eigenvalue weighted by molar-refractivity contribution is 5.87. The lowest BCUT2D eigenvalue weighted by Crippen LogP contribution is -2.47. The fraction of sp³-hybridized carbons (Fsp3) is 0.833. The first-order valence-electron chi connectivity index (χ1n) is 6.30. The van der Waals surface area contributed by atoms with E-state index in [0.717, 1.165) is 0 Å². The van der Waals surface area contributed by atoms with E-state index in [9.17, 15) is 22.8 Å². The monoisotopic (exact) mass is 283 g/mol. The predicted octanol–water partition coefficient (Wildman–Crippen LogP) is 2.57. The molecule has 0 aromatic heterocycles. The van der Waals surface area contributed by atoms with E-state index in [-0.39, 0.29) is 12.5 Å². The molecule has 7 heteroatoms. The molecule has 1 amide bonds. The van der Waals surface area contributed by atoms with Crippen LogP contribution in [0, 0.1) is 0 Å². The van der Waals surface area contributed by atoms with Crippen LogP contribution in [-0.4, -0.2) is 30.2 Å². The van der Waals surface area contributed by atoms with Crippen molar-refractivity contribution < 1.29 is 27.5 Å². The standard InChI is InChI=1S/C12H20F3NO3/c1-4-6-7-9(10(17)19-8(3)5-2)16-11(18)12(13,14)15/h8-9H,4-7H2,1-3H3,(H,16,18). The second kappa shape index (κ2) is 8.01. The van der Waals surface area contributed by atoms with Crippen LogP contribution in [0.15, 0.2) is 0 Å². The van der Waals surface area contributed by atoms with Crippen molar-refractivity contribution in [2.45, 2.75) is 64.8 Å². The Morgan fingerprint density at radius 2 is 1.84 bits per heavy atom. The Morgan fingerprint density at radius 3 is 2.26 bits per heavy atom. The molecule has 0 aromatic carbocycles. The van der Waals surface area contributed by atoms with Crippen molar-refractivity contribution in [3.05, 3.63) is 0 Å². The highest BCUT2D eigenvalue weighted by Crippen LogP contribution is 2.16. The van der Waals surface area contributed by atoms with Gasteiger partial charge in [-0.25, -0.2) is 4.79 Å². The third kappa shape index (κ3) is 7.03. The summed E-state index contributed by atoms with van der Waals surface area (Å²) >= 11 is 0. The molecule has 0 aliphatic heterocycles.